The first-order valence-electron chi connectivity index (χ1n) is 6.67. The second kappa shape index (κ2) is 6.70. The Kier molecular flexibility index (Phi) is 4.96. The van der Waals surface area contributed by atoms with Crippen molar-refractivity contribution in [3.05, 3.63) is 16.9 Å². The second-order valence-corrected chi connectivity index (χ2v) is 4.85. The van der Waals surface area contributed by atoms with Crippen LogP contribution in [0, 0.1) is 0 Å². The zero-order valence-corrected chi connectivity index (χ0v) is 11.8. The van der Waals surface area contributed by atoms with Crippen molar-refractivity contribution in [1.29, 1.82) is 0 Å². The van der Waals surface area contributed by atoms with Crippen molar-refractivity contribution in [3.8, 4) is 0 Å². The molecule has 0 amide bonds. The molecule has 0 spiro atoms. The third kappa shape index (κ3) is 3.56. The van der Waals surface area contributed by atoms with Gasteiger partial charge in [-0.25, -0.2) is 14.8 Å². The first-order valence-corrected chi connectivity index (χ1v) is 7.04. The van der Waals surface area contributed by atoms with Crippen molar-refractivity contribution in [2.75, 3.05) is 24.6 Å². The number of ether oxygens (including phenoxy) is 1. The lowest BCUT2D eigenvalue weighted by Gasteiger charge is -2.20. The zero-order valence-electron chi connectivity index (χ0n) is 11.1. The van der Waals surface area contributed by atoms with E-state index in [4.69, 9.17) is 16.3 Å². The van der Waals surface area contributed by atoms with Crippen LogP contribution in [0.3, 0.4) is 0 Å². The molecule has 2 rings (SSSR count). The van der Waals surface area contributed by atoms with Gasteiger partial charge in [-0.1, -0.05) is 24.4 Å². The number of halogens is 1. The van der Waals surface area contributed by atoms with E-state index in [-0.39, 0.29) is 10.7 Å². The standard InChI is InChI=1S/C13H18ClN3O2/c1-2-19-12(18)10-9-15-13(16-11(10)14)17-7-5-3-4-6-8-17/h9H,2-8H2,1H3. The lowest BCUT2D eigenvalue weighted by atomic mass is 10.2. The van der Waals surface area contributed by atoms with Gasteiger partial charge in [0, 0.05) is 19.3 Å². The van der Waals surface area contributed by atoms with Crippen molar-refractivity contribution in [1.82, 2.24) is 9.97 Å². The molecule has 0 aliphatic carbocycles. The predicted molar refractivity (Wildman–Crippen MR) is 73.7 cm³/mol. The Hall–Kier alpha value is -1.36. The average molecular weight is 284 g/mol. The molecule has 0 bridgehead atoms. The molecule has 0 N–H and O–H groups in total. The van der Waals surface area contributed by atoms with Crippen molar-refractivity contribution >= 4 is 23.5 Å². The van der Waals surface area contributed by atoms with Crippen LogP contribution in [0.2, 0.25) is 5.15 Å². The third-order valence-electron chi connectivity index (χ3n) is 3.11. The Bertz CT molecular complexity index is 446. The van der Waals surface area contributed by atoms with Gasteiger partial charge in [0.25, 0.3) is 0 Å². The SMILES string of the molecule is CCOC(=O)c1cnc(N2CCCCCC2)nc1Cl. The number of rotatable bonds is 3. The highest BCUT2D eigenvalue weighted by Gasteiger charge is 2.17. The first-order chi connectivity index (χ1) is 9.22. The number of nitrogens with zero attached hydrogens (tertiary/aromatic N) is 3. The summed E-state index contributed by atoms with van der Waals surface area (Å²) < 4.78 is 4.90. The van der Waals surface area contributed by atoms with Crippen LogP contribution in [-0.2, 0) is 4.74 Å². The van der Waals surface area contributed by atoms with Crippen LogP contribution >= 0.6 is 11.6 Å². The van der Waals surface area contributed by atoms with E-state index in [2.05, 4.69) is 14.9 Å². The minimum absolute atomic E-state index is 0.160. The lowest BCUT2D eigenvalue weighted by Crippen LogP contribution is -2.26. The third-order valence-corrected chi connectivity index (χ3v) is 3.40. The summed E-state index contributed by atoms with van der Waals surface area (Å²) in [5.74, 6) is 0.120. The molecule has 0 saturated carbocycles. The summed E-state index contributed by atoms with van der Waals surface area (Å²) in [4.78, 5) is 22.2. The Morgan fingerprint density at radius 2 is 2.05 bits per heavy atom. The highest BCUT2D eigenvalue weighted by molar-refractivity contribution is 6.32. The molecule has 1 fully saturated rings. The minimum Gasteiger partial charge on any atom is -0.462 e. The molecule has 2 heterocycles. The van der Waals surface area contributed by atoms with Crippen LogP contribution in [0.5, 0.6) is 0 Å². The van der Waals surface area contributed by atoms with E-state index in [1.54, 1.807) is 6.92 Å². The molecule has 0 atom stereocenters. The van der Waals surface area contributed by atoms with Gasteiger partial charge in [-0.05, 0) is 19.8 Å². The highest BCUT2D eigenvalue weighted by atomic mass is 35.5. The molecule has 1 aliphatic heterocycles. The highest BCUT2D eigenvalue weighted by Crippen LogP contribution is 2.20. The fourth-order valence-corrected chi connectivity index (χ4v) is 2.32. The summed E-state index contributed by atoms with van der Waals surface area (Å²) in [5.41, 5.74) is 0.224. The fourth-order valence-electron chi connectivity index (χ4n) is 2.12. The van der Waals surface area contributed by atoms with Gasteiger partial charge in [-0.15, -0.1) is 0 Å². The molecule has 0 unspecified atom stereocenters. The Morgan fingerprint density at radius 3 is 2.63 bits per heavy atom. The van der Waals surface area contributed by atoms with Crippen molar-refractivity contribution in [2.45, 2.75) is 32.6 Å². The second-order valence-electron chi connectivity index (χ2n) is 4.50. The number of esters is 1. The summed E-state index contributed by atoms with van der Waals surface area (Å²) in [6.45, 7) is 3.94. The number of hydrogen-bond acceptors (Lipinski definition) is 5. The van der Waals surface area contributed by atoms with Crippen molar-refractivity contribution in [2.24, 2.45) is 0 Å². The molecule has 1 saturated heterocycles. The van der Waals surface area contributed by atoms with Crippen LogP contribution in [0.4, 0.5) is 5.95 Å². The molecule has 0 aromatic carbocycles. The maximum Gasteiger partial charge on any atom is 0.342 e. The maximum absolute atomic E-state index is 11.6. The summed E-state index contributed by atoms with van der Waals surface area (Å²) in [5, 5.41) is 0.160. The van der Waals surface area contributed by atoms with E-state index in [1.807, 2.05) is 0 Å². The van der Waals surface area contributed by atoms with Gasteiger partial charge in [0.2, 0.25) is 5.95 Å². The van der Waals surface area contributed by atoms with Gasteiger partial charge in [0.1, 0.15) is 10.7 Å². The first kappa shape index (κ1) is 14.1. The maximum atomic E-state index is 11.6. The van der Waals surface area contributed by atoms with E-state index in [0.29, 0.717) is 12.6 Å². The van der Waals surface area contributed by atoms with Crippen LogP contribution < -0.4 is 4.90 Å². The van der Waals surface area contributed by atoms with Crippen LogP contribution in [0.1, 0.15) is 43.0 Å². The molecule has 6 heteroatoms. The van der Waals surface area contributed by atoms with Gasteiger partial charge in [-0.3, -0.25) is 0 Å². The quantitative estimate of drug-likeness (QED) is 0.630. The van der Waals surface area contributed by atoms with E-state index >= 15 is 0 Å². The van der Waals surface area contributed by atoms with Crippen LogP contribution in [0.25, 0.3) is 0 Å². The van der Waals surface area contributed by atoms with Crippen LogP contribution in [0.15, 0.2) is 6.20 Å². The van der Waals surface area contributed by atoms with Crippen LogP contribution in [-0.4, -0.2) is 35.6 Å². The van der Waals surface area contributed by atoms with Gasteiger partial charge in [-0.2, -0.15) is 0 Å². The Labute approximate surface area is 117 Å². The molecule has 0 radical (unpaired) electrons. The predicted octanol–water partition coefficient (Wildman–Crippen LogP) is 2.69. The topological polar surface area (TPSA) is 55.3 Å². The van der Waals surface area contributed by atoms with Gasteiger partial charge < -0.3 is 9.64 Å². The molecule has 1 aromatic heterocycles. The molecule has 1 aliphatic rings. The summed E-state index contributed by atoms with van der Waals surface area (Å²) in [6, 6.07) is 0. The van der Waals surface area contributed by atoms with Gasteiger partial charge in [0.05, 0.1) is 6.61 Å². The van der Waals surface area contributed by atoms with E-state index < -0.39 is 5.97 Å². The molecular weight excluding hydrogens is 266 g/mol. The smallest absolute Gasteiger partial charge is 0.342 e. The number of carbonyl (C=O) groups is 1. The normalized spacial score (nSPS) is 16.0. The Morgan fingerprint density at radius 1 is 1.37 bits per heavy atom. The van der Waals surface area contributed by atoms with Gasteiger partial charge in [0.15, 0.2) is 0 Å². The average Bonchev–Trinajstić information content (AvgIpc) is 2.67. The lowest BCUT2D eigenvalue weighted by molar-refractivity contribution is 0.0525. The molecule has 104 valence electrons. The Balaban J connectivity index is 2.15. The molecule has 19 heavy (non-hydrogen) atoms. The largest absolute Gasteiger partial charge is 0.462 e. The number of aromatic nitrogens is 2. The zero-order chi connectivity index (χ0) is 13.7. The number of anilines is 1. The van der Waals surface area contributed by atoms with Crippen molar-refractivity contribution < 1.29 is 9.53 Å². The summed E-state index contributed by atoms with van der Waals surface area (Å²) >= 11 is 6.04. The summed E-state index contributed by atoms with van der Waals surface area (Å²) in [7, 11) is 0. The number of carbonyl (C=O) groups excluding carboxylic acids is 1. The molecule has 5 nitrogen and oxygen atoms in total. The fraction of sp³-hybridized carbons (Fsp3) is 0.615. The molecular formula is C13H18ClN3O2. The summed E-state index contributed by atoms with van der Waals surface area (Å²) in [6.07, 6.45) is 6.21. The van der Waals surface area contributed by atoms with Crippen molar-refractivity contribution in [3.63, 3.8) is 0 Å². The number of hydrogen-bond donors (Lipinski definition) is 0. The van der Waals surface area contributed by atoms with E-state index in [0.717, 1.165) is 25.9 Å². The van der Waals surface area contributed by atoms with Gasteiger partial charge >= 0.3 is 5.97 Å². The monoisotopic (exact) mass is 283 g/mol. The van der Waals surface area contributed by atoms with E-state index in [1.165, 1.54) is 19.0 Å². The van der Waals surface area contributed by atoms with E-state index in [9.17, 15) is 4.79 Å². The minimum atomic E-state index is -0.477. The molecule has 1 aromatic rings.